The average molecular weight is 421 g/mol. The second kappa shape index (κ2) is 9.19. The highest BCUT2D eigenvalue weighted by Crippen LogP contribution is 2.33. The number of halogens is 1. The number of rotatable bonds is 7. The van der Waals surface area contributed by atoms with E-state index in [0.29, 0.717) is 40.3 Å². The molecule has 0 spiro atoms. The molecule has 0 unspecified atom stereocenters. The zero-order chi connectivity index (χ0) is 20.8. The summed E-state index contributed by atoms with van der Waals surface area (Å²) in [6.07, 6.45) is 3.80. The molecule has 1 amide bonds. The number of anilines is 1. The number of nitrogens with one attached hydrogen (secondary N) is 1. The van der Waals surface area contributed by atoms with E-state index in [1.165, 1.54) is 0 Å². The van der Waals surface area contributed by atoms with E-state index < -0.39 is 0 Å². The summed E-state index contributed by atoms with van der Waals surface area (Å²) >= 11 is 6.16. The number of pyridine rings is 1. The van der Waals surface area contributed by atoms with Gasteiger partial charge < -0.3 is 14.6 Å². The van der Waals surface area contributed by atoms with Gasteiger partial charge >= 0.3 is 0 Å². The Balaban J connectivity index is 1.38. The highest BCUT2D eigenvalue weighted by Gasteiger charge is 2.13. The van der Waals surface area contributed by atoms with E-state index in [9.17, 15) is 4.79 Å². The third-order valence-electron chi connectivity index (χ3n) is 4.19. The molecule has 2 aromatic carbocycles. The number of para-hydroxylation sites is 3. The number of carbonyl (C=O) groups excluding carboxylic acids is 1. The number of amides is 1. The van der Waals surface area contributed by atoms with E-state index in [0.717, 1.165) is 5.56 Å². The molecule has 0 bridgehead atoms. The number of ether oxygens (including phenoxy) is 1. The molecular weight excluding hydrogens is 404 g/mol. The van der Waals surface area contributed by atoms with Gasteiger partial charge in [-0.2, -0.15) is 4.98 Å². The Labute approximate surface area is 177 Å². The quantitative estimate of drug-likeness (QED) is 0.444. The zero-order valence-corrected chi connectivity index (χ0v) is 16.5. The van der Waals surface area contributed by atoms with Gasteiger partial charge in [-0.3, -0.25) is 9.78 Å². The van der Waals surface area contributed by atoms with E-state index in [-0.39, 0.29) is 12.3 Å². The molecular formula is C22H17ClN4O3. The molecule has 0 aliphatic carbocycles. The molecule has 7 nitrogen and oxygen atoms in total. The molecule has 0 saturated carbocycles. The van der Waals surface area contributed by atoms with Crippen LogP contribution in [0.3, 0.4) is 0 Å². The third-order valence-corrected chi connectivity index (χ3v) is 4.50. The monoisotopic (exact) mass is 420 g/mol. The number of aryl methyl sites for hydroxylation is 1. The molecule has 30 heavy (non-hydrogen) atoms. The topological polar surface area (TPSA) is 90.1 Å². The largest absolute Gasteiger partial charge is 0.454 e. The summed E-state index contributed by atoms with van der Waals surface area (Å²) in [5.74, 6) is 1.66. The van der Waals surface area contributed by atoms with Crippen LogP contribution in [0.2, 0.25) is 5.02 Å². The van der Waals surface area contributed by atoms with Crippen molar-refractivity contribution in [3.8, 4) is 22.9 Å². The van der Waals surface area contributed by atoms with Gasteiger partial charge in [-0.25, -0.2) is 0 Å². The highest BCUT2D eigenvalue weighted by molar-refractivity contribution is 6.32. The number of hydrogen-bond donors (Lipinski definition) is 1. The van der Waals surface area contributed by atoms with Gasteiger partial charge in [0.15, 0.2) is 5.75 Å². The van der Waals surface area contributed by atoms with Gasteiger partial charge in [-0.15, -0.1) is 0 Å². The lowest BCUT2D eigenvalue weighted by atomic mass is 10.2. The lowest BCUT2D eigenvalue weighted by Gasteiger charge is -2.12. The maximum absolute atomic E-state index is 12.4. The van der Waals surface area contributed by atoms with E-state index in [1.807, 2.05) is 24.3 Å². The van der Waals surface area contributed by atoms with E-state index >= 15 is 0 Å². The van der Waals surface area contributed by atoms with E-state index in [2.05, 4.69) is 20.4 Å². The van der Waals surface area contributed by atoms with Crippen LogP contribution >= 0.6 is 11.6 Å². The Hall–Kier alpha value is -3.71. The molecule has 0 atom stereocenters. The minimum Gasteiger partial charge on any atom is -0.454 e. The summed E-state index contributed by atoms with van der Waals surface area (Å²) < 4.78 is 11.1. The lowest BCUT2D eigenvalue weighted by Crippen LogP contribution is -2.13. The van der Waals surface area contributed by atoms with Crippen LogP contribution in [-0.2, 0) is 11.2 Å². The molecule has 150 valence electrons. The van der Waals surface area contributed by atoms with Crippen LogP contribution in [0.4, 0.5) is 5.69 Å². The van der Waals surface area contributed by atoms with Crippen LogP contribution in [0.5, 0.6) is 11.5 Å². The summed E-state index contributed by atoms with van der Waals surface area (Å²) in [6, 6.07) is 17.9. The Kier molecular flexibility index (Phi) is 6.01. The zero-order valence-electron chi connectivity index (χ0n) is 15.8. The fourth-order valence-electron chi connectivity index (χ4n) is 2.71. The minimum absolute atomic E-state index is 0.179. The average Bonchev–Trinajstić information content (AvgIpc) is 3.25. The molecule has 4 rings (SSSR count). The molecule has 8 heteroatoms. The van der Waals surface area contributed by atoms with Gasteiger partial charge in [-0.1, -0.05) is 41.0 Å². The Morgan fingerprint density at radius 2 is 1.73 bits per heavy atom. The summed E-state index contributed by atoms with van der Waals surface area (Å²) in [4.78, 5) is 20.7. The van der Waals surface area contributed by atoms with Crippen molar-refractivity contribution in [3.63, 3.8) is 0 Å². The van der Waals surface area contributed by atoms with Crippen molar-refractivity contribution < 1.29 is 14.1 Å². The van der Waals surface area contributed by atoms with Gasteiger partial charge in [0.1, 0.15) is 5.75 Å². The van der Waals surface area contributed by atoms with Gasteiger partial charge in [0, 0.05) is 30.8 Å². The number of nitrogens with zero attached hydrogens (tertiary/aromatic N) is 3. The normalized spacial score (nSPS) is 10.6. The molecule has 0 aliphatic rings. The second-order valence-electron chi connectivity index (χ2n) is 6.32. The highest BCUT2D eigenvalue weighted by atomic mass is 35.5. The van der Waals surface area contributed by atoms with Crippen molar-refractivity contribution in [2.24, 2.45) is 0 Å². The molecule has 0 fully saturated rings. The van der Waals surface area contributed by atoms with Crippen LogP contribution in [0.1, 0.15) is 12.3 Å². The van der Waals surface area contributed by atoms with Gasteiger partial charge in [0.25, 0.3) is 0 Å². The van der Waals surface area contributed by atoms with E-state index in [4.69, 9.17) is 20.9 Å². The van der Waals surface area contributed by atoms with Gasteiger partial charge in [0.2, 0.25) is 17.6 Å². The van der Waals surface area contributed by atoms with Crippen molar-refractivity contribution in [2.45, 2.75) is 12.8 Å². The smallest absolute Gasteiger partial charge is 0.227 e. The first-order valence-corrected chi connectivity index (χ1v) is 9.61. The van der Waals surface area contributed by atoms with Crippen molar-refractivity contribution >= 4 is 23.2 Å². The van der Waals surface area contributed by atoms with Crippen molar-refractivity contribution in [1.82, 2.24) is 15.1 Å². The van der Waals surface area contributed by atoms with Crippen LogP contribution < -0.4 is 10.1 Å². The number of benzene rings is 2. The lowest BCUT2D eigenvalue weighted by molar-refractivity contribution is -0.116. The summed E-state index contributed by atoms with van der Waals surface area (Å²) in [5, 5.41) is 7.28. The summed E-state index contributed by atoms with van der Waals surface area (Å²) in [7, 11) is 0. The maximum atomic E-state index is 12.4. The Morgan fingerprint density at radius 1 is 1.00 bits per heavy atom. The molecule has 0 radical (unpaired) electrons. The van der Waals surface area contributed by atoms with Crippen LogP contribution in [-0.4, -0.2) is 21.0 Å². The SMILES string of the molecule is O=C(CCc1nc(-c2ccncc2)no1)Nc1ccccc1Oc1ccccc1Cl. The van der Waals surface area contributed by atoms with E-state index in [1.54, 1.807) is 48.8 Å². The van der Waals surface area contributed by atoms with Crippen molar-refractivity contribution in [3.05, 3.63) is 84.0 Å². The molecule has 0 saturated heterocycles. The predicted molar refractivity (Wildman–Crippen MR) is 112 cm³/mol. The first-order chi connectivity index (χ1) is 14.7. The minimum atomic E-state index is -0.200. The van der Waals surface area contributed by atoms with Crippen molar-refractivity contribution in [2.75, 3.05) is 5.32 Å². The van der Waals surface area contributed by atoms with Crippen LogP contribution in [0.15, 0.2) is 77.6 Å². The fraction of sp³-hybridized carbons (Fsp3) is 0.0909. The first kappa shape index (κ1) is 19.6. The molecule has 4 aromatic rings. The number of aromatic nitrogens is 3. The number of carbonyl (C=O) groups is 1. The molecule has 1 N–H and O–H groups in total. The van der Waals surface area contributed by atoms with Crippen LogP contribution in [0.25, 0.3) is 11.4 Å². The summed E-state index contributed by atoms with van der Waals surface area (Å²) in [5.41, 5.74) is 1.35. The predicted octanol–water partition coefficient (Wildman–Crippen LogP) is 5.15. The Bertz CT molecular complexity index is 1150. The molecule has 0 aliphatic heterocycles. The standard InChI is InChI=1S/C22H17ClN4O3/c23-16-5-1-3-7-18(16)29-19-8-4-2-6-17(19)25-20(28)9-10-21-26-22(27-30-21)15-11-13-24-14-12-15/h1-8,11-14H,9-10H2,(H,25,28). The van der Waals surface area contributed by atoms with Crippen molar-refractivity contribution in [1.29, 1.82) is 0 Å². The molecule has 2 aromatic heterocycles. The second-order valence-corrected chi connectivity index (χ2v) is 6.73. The third kappa shape index (κ3) is 4.82. The van der Waals surface area contributed by atoms with Gasteiger partial charge in [0.05, 0.1) is 10.7 Å². The first-order valence-electron chi connectivity index (χ1n) is 9.23. The fourth-order valence-corrected chi connectivity index (χ4v) is 2.89. The summed E-state index contributed by atoms with van der Waals surface area (Å²) in [6.45, 7) is 0. The molecule has 2 heterocycles. The maximum Gasteiger partial charge on any atom is 0.227 e. The van der Waals surface area contributed by atoms with Crippen LogP contribution in [0, 0.1) is 0 Å². The van der Waals surface area contributed by atoms with Gasteiger partial charge in [-0.05, 0) is 36.4 Å². The Morgan fingerprint density at radius 3 is 2.53 bits per heavy atom. The number of hydrogen-bond acceptors (Lipinski definition) is 6.